The van der Waals surface area contributed by atoms with Crippen LogP contribution in [-0.4, -0.2) is 11.1 Å². The molecule has 4 heteroatoms. The molecule has 0 saturated heterocycles. The first kappa shape index (κ1) is 11.7. The predicted octanol–water partition coefficient (Wildman–Crippen LogP) is 3.31. The highest BCUT2D eigenvalue weighted by molar-refractivity contribution is 7.12. The van der Waals surface area contributed by atoms with Crippen LogP contribution >= 0.6 is 11.3 Å². The fourth-order valence-electron chi connectivity index (χ4n) is 1.74. The SMILES string of the molecule is Cc1cc(-c2ccsc2C(=O)O)cc(N)c1C. The zero-order valence-electron chi connectivity index (χ0n) is 9.65. The van der Waals surface area contributed by atoms with Gasteiger partial charge >= 0.3 is 5.97 Å². The minimum Gasteiger partial charge on any atom is -0.477 e. The van der Waals surface area contributed by atoms with E-state index >= 15 is 0 Å². The molecule has 0 bridgehead atoms. The smallest absolute Gasteiger partial charge is 0.346 e. The third kappa shape index (κ3) is 2.03. The van der Waals surface area contributed by atoms with Crippen LogP contribution in [0.5, 0.6) is 0 Å². The van der Waals surface area contributed by atoms with Crippen molar-refractivity contribution in [2.75, 3.05) is 5.73 Å². The highest BCUT2D eigenvalue weighted by Crippen LogP contribution is 2.31. The van der Waals surface area contributed by atoms with E-state index in [4.69, 9.17) is 10.8 Å². The summed E-state index contributed by atoms with van der Waals surface area (Å²) in [5, 5.41) is 10.9. The summed E-state index contributed by atoms with van der Waals surface area (Å²) in [4.78, 5) is 11.4. The fraction of sp³-hybridized carbons (Fsp3) is 0.154. The third-order valence-corrected chi connectivity index (χ3v) is 3.78. The molecule has 0 fully saturated rings. The molecule has 3 nitrogen and oxygen atoms in total. The molecule has 0 unspecified atom stereocenters. The molecule has 17 heavy (non-hydrogen) atoms. The van der Waals surface area contributed by atoms with Gasteiger partial charge in [-0.3, -0.25) is 0 Å². The van der Waals surface area contributed by atoms with Gasteiger partial charge < -0.3 is 10.8 Å². The number of carboxylic acids is 1. The van der Waals surface area contributed by atoms with E-state index in [0.717, 1.165) is 22.3 Å². The number of aromatic carboxylic acids is 1. The lowest BCUT2D eigenvalue weighted by atomic mass is 9.99. The first-order valence-corrected chi connectivity index (χ1v) is 6.06. The maximum absolute atomic E-state index is 11.1. The Labute approximate surface area is 104 Å². The zero-order chi connectivity index (χ0) is 12.6. The van der Waals surface area contributed by atoms with E-state index < -0.39 is 5.97 Å². The first-order valence-electron chi connectivity index (χ1n) is 5.18. The highest BCUT2D eigenvalue weighted by Gasteiger charge is 2.14. The minimum atomic E-state index is -0.896. The average Bonchev–Trinajstić information content (AvgIpc) is 2.74. The van der Waals surface area contributed by atoms with Gasteiger partial charge in [0.2, 0.25) is 0 Å². The van der Waals surface area contributed by atoms with Crippen molar-refractivity contribution in [2.24, 2.45) is 0 Å². The zero-order valence-corrected chi connectivity index (χ0v) is 10.5. The number of aryl methyl sites for hydroxylation is 1. The molecule has 0 radical (unpaired) electrons. The Kier molecular flexibility index (Phi) is 2.90. The second-order valence-electron chi connectivity index (χ2n) is 3.98. The van der Waals surface area contributed by atoms with Gasteiger partial charge in [-0.15, -0.1) is 11.3 Å². The van der Waals surface area contributed by atoms with Gasteiger partial charge in [-0.1, -0.05) is 6.07 Å². The van der Waals surface area contributed by atoms with E-state index in [1.165, 1.54) is 11.3 Å². The molecule has 0 spiro atoms. The molecule has 0 amide bonds. The lowest BCUT2D eigenvalue weighted by Gasteiger charge is -2.08. The molecule has 1 aromatic carbocycles. The monoisotopic (exact) mass is 247 g/mol. The van der Waals surface area contributed by atoms with Crippen molar-refractivity contribution in [3.05, 3.63) is 39.6 Å². The van der Waals surface area contributed by atoms with E-state index in [1.807, 2.05) is 32.0 Å². The van der Waals surface area contributed by atoms with E-state index in [2.05, 4.69) is 0 Å². The van der Waals surface area contributed by atoms with Crippen LogP contribution in [0.1, 0.15) is 20.8 Å². The normalized spacial score (nSPS) is 10.5. The van der Waals surface area contributed by atoms with Crippen molar-refractivity contribution in [2.45, 2.75) is 13.8 Å². The van der Waals surface area contributed by atoms with Crippen LogP contribution in [0.2, 0.25) is 0 Å². The number of carboxylic acid groups (broad SMARTS) is 1. The highest BCUT2D eigenvalue weighted by atomic mass is 32.1. The standard InChI is InChI=1S/C13H13NO2S/c1-7-5-9(6-11(14)8(7)2)10-3-4-17-12(10)13(15)16/h3-6H,14H2,1-2H3,(H,15,16). The maximum atomic E-state index is 11.1. The number of benzene rings is 1. The molecule has 0 saturated carbocycles. The van der Waals surface area contributed by atoms with Gasteiger partial charge in [-0.05, 0) is 48.1 Å². The molecule has 1 aromatic heterocycles. The second kappa shape index (κ2) is 4.22. The fourth-order valence-corrected chi connectivity index (χ4v) is 2.50. The van der Waals surface area contributed by atoms with Gasteiger partial charge in [0, 0.05) is 11.3 Å². The van der Waals surface area contributed by atoms with E-state index in [0.29, 0.717) is 10.6 Å². The van der Waals surface area contributed by atoms with Gasteiger partial charge in [0.15, 0.2) is 0 Å². The van der Waals surface area contributed by atoms with Crippen molar-refractivity contribution >= 4 is 23.0 Å². The molecule has 2 aromatic rings. The van der Waals surface area contributed by atoms with E-state index in [9.17, 15) is 4.79 Å². The lowest BCUT2D eigenvalue weighted by molar-refractivity contribution is 0.0703. The molecule has 88 valence electrons. The van der Waals surface area contributed by atoms with Gasteiger partial charge in [-0.25, -0.2) is 4.79 Å². The number of rotatable bonds is 2. The van der Waals surface area contributed by atoms with Gasteiger partial charge in [0.25, 0.3) is 0 Å². The quantitative estimate of drug-likeness (QED) is 0.800. The van der Waals surface area contributed by atoms with Gasteiger partial charge in [-0.2, -0.15) is 0 Å². The molecule has 0 aliphatic carbocycles. The van der Waals surface area contributed by atoms with Crippen molar-refractivity contribution in [3.8, 4) is 11.1 Å². The van der Waals surface area contributed by atoms with Crippen molar-refractivity contribution in [1.29, 1.82) is 0 Å². The Morgan fingerprint density at radius 2 is 2.06 bits per heavy atom. The molecule has 0 atom stereocenters. The number of thiophene rings is 1. The van der Waals surface area contributed by atoms with Crippen LogP contribution in [0.3, 0.4) is 0 Å². The Morgan fingerprint density at radius 3 is 2.65 bits per heavy atom. The summed E-state index contributed by atoms with van der Waals surface area (Å²) in [6, 6.07) is 5.62. The molecular formula is C13H13NO2S. The second-order valence-corrected chi connectivity index (χ2v) is 4.89. The van der Waals surface area contributed by atoms with Crippen LogP contribution in [-0.2, 0) is 0 Å². The molecule has 2 rings (SSSR count). The Hall–Kier alpha value is -1.81. The Bertz CT molecular complexity index is 564. The summed E-state index contributed by atoms with van der Waals surface area (Å²) in [7, 11) is 0. The van der Waals surface area contributed by atoms with Gasteiger partial charge in [0.05, 0.1) is 0 Å². The Morgan fingerprint density at radius 1 is 1.35 bits per heavy atom. The summed E-state index contributed by atoms with van der Waals surface area (Å²) in [6.45, 7) is 3.93. The van der Waals surface area contributed by atoms with E-state index in [-0.39, 0.29) is 0 Å². The van der Waals surface area contributed by atoms with Gasteiger partial charge in [0.1, 0.15) is 4.88 Å². The van der Waals surface area contributed by atoms with Crippen molar-refractivity contribution in [1.82, 2.24) is 0 Å². The molecule has 0 aliphatic rings. The summed E-state index contributed by atoms with van der Waals surface area (Å²) in [5.74, 6) is -0.896. The number of nitrogen functional groups attached to an aromatic ring is 1. The van der Waals surface area contributed by atoms with Crippen LogP contribution in [0, 0.1) is 13.8 Å². The molecule has 1 heterocycles. The van der Waals surface area contributed by atoms with Crippen molar-refractivity contribution < 1.29 is 9.90 Å². The summed E-state index contributed by atoms with van der Waals surface area (Å²) >= 11 is 1.23. The minimum absolute atomic E-state index is 0.354. The number of hydrogen-bond donors (Lipinski definition) is 2. The van der Waals surface area contributed by atoms with Crippen LogP contribution < -0.4 is 5.73 Å². The molecule has 3 N–H and O–H groups in total. The number of carbonyl (C=O) groups is 1. The molecule has 0 aliphatic heterocycles. The van der Waals surface area contributed by atoms with Crippen molar-refractivity contribution in [3.63, 3.8) is 0 Å². The van der Waals surface area contributed by atoms with E-state index in [1.54, 1.807) is 5.38 Å². The first-order chi connectivity index (χ1) is 8.00. The van der Waals surface area contributed by atoms with Crippen LogP contribution in [0.4, 0.5) is 5.69 Å². The third-order valence-electron chi connectivity index (χ3n) is 2.88. The van der Waals surface area contributed by atoms with Crippen LogP contribution in [0.15, 0.2) is 23.6 Å². The Balaban J connectivity index is 2.61. The number of anilines is 1. The largest absolute Gasteiger partial charge is 0.477 e. The predicted molar refractivity (Wildman–Crippen MR) is 70.6 cm³/mol. The average molecular weight is 247 g/mol. The maximum Gasteiger partial charge on any atom is 0.346 e. The molecular weight excluding hydrogens is 234 g/mol. The summed E-state index contributed by atoms with van der Waals surface area (Å²) in [5.41, 5.74) is 10.3. The van der Waals surface area contributed by atoms with Crippen LogP contribution in [0.25, 0.3) is 11.1 Å². The lowest BCUT2D eigenvalue weighted by Crippen LogP contribution is -1.97. The summed E-state index contributed by atoms with van der Waals surface area (Å²) in [6.07, 6.45) is 0. The number of nitrogens with two attached hydrogens (primary N) is 1. The topological polar surface area (TPSA) is 63.3 Å². The number of hydrogen-bond acceptors (Lipinski definition) is 3. The summed E-state index contributed by atoms with van der Waals surface area (Å²) < 4.78 is 0.